The van der Waals surface area contributed by atoms with Crippen LogP contribution in [0.15, 0.2) is 75.2 Å². The third kappa shape index (κ3) is 5.52. The average molecular weight is 577 g/mol. The second-order valence-electron chi connectivity index (χ2n) is 10.5. The van der Waals surface area contributed by atoms with Gasteiger partial charge in [0.25, 0.3) is 11.8 Å². The number of aromatic nitrogens is 4. The van der Waals surface area contributed by atoms with Gasteiger partial charge in [-0.1, -0.05) is 30.3 Å². The minimum atomic E-state index is -3.05. The van der Waals surface area contributed by atoms with Crippen LogP contribution in [0.25, 0.3) is 22.9 Å². The van der Waals surface area contributed by atoms with Gasteiger partial charge in [-0.25, -0.2) is 18.7 Å². The number of aryl methyl sites for hydroxylation is 1. The Bertz CT molecular complexity index is 1680. The summed E-state index contributed by atoms with van der Waals surface area (Å²) in [6.45, 7) is 2.86. The largest absolute Gasteiger partial charge is 0.445 e. The van der Waals surface area contributed by atoms with Crippen molar-refractivity contribution in [2.75, 3.05) is 6.54 Å². The standard InChI is InChI=1S/C29H26F2N6O3S/c1-17-15-41-25(34-17)22-14-29(30,31)16-37(22)26(38)21-11-19(23-33-8-9-39-23)10-20(12-21)24-35-36-27(40-24)28(2,32)13-18-6-4-3-5-7-18/h3-12,15,22H,13-14,16,32H2,1-2H3/t22-,28-/m1/s1. The summed E-state index contributed by atoms with van der Waals surface area (Å²) in [5.41, 5.74) is 8.31. The number of thiazole rings is 1. The molecule has 1 amide bonds. The Morgan fingerprint density at radius 2 is 1.93 bits per heavy atom. The second-order valence-corrected chi connectivity index (χ2v) is 11.4. The fourth-order valence-corrected chi connectivity index (χ4v) is 5.88. The number of benzene rings is 2. The van der Waals surface area contributed by atoms with Gasteiger partial charge in [0, 0.05) is 34.2 Å². The average Bonchev–Trinajstić information content (AvgIpc) is 3.75. The maximum Gasteiger partial charge on any atom is 0.267 e. The minimum Gasteiger partial charge on any atom is -0.445 e. The van der Waals surface area contributed by atoms with Gasteiger partial charge in [0.05, 0.1) is 24.3 Å². The first-order valence-electron chi connectivity index (χ1n) is 12.9. The highest BCUT2D eigenvalue weighted by Gasteiger charge is 2.49. The van der Waals surface area contributed by atoms with Gasteiger partial charge in [0.2, 0.25) is 17.7 Å². The molecule has 12 heteroatoms. The highest BCUT2D eigenvalue weighted by atomic mass is 32.1. The number of nitrogens with zero attached hydrogens (tertiary/aromatic N) is 5. The van der Waals surface area contributed by atoms with Crippen molar-refractivity contribution in [1.82, 2.24) is 25.1 Å². The lowest BCUT2D eigenvalue weighted by Crippen LogP contribution is -2.35. The molecular formula is C29H26F2N6O3S. The number of nitrogens with two attached hydrogens (primary N) is 1. The molecule has 4 heterocycles. The zero-order valence-electron chi connectivity index (χ0n) is 22.3. The molecule has 0 spiro atoms. The molecule has 1 saturated heterocycles. The van der Waals surface area contributed by atoms with Gasteiger partial charge in [0.15, 0.2) is 0 Å². The van der Waals surface area contributed by atoms with Crippen molar-refractivity contribution in [2.24, 2.45) is 5.73 Å². The van der Waals surface area contributed by atoms with E-state index in [4.69, 9.17) is 14.6 Å². The molecule has 0 unspecified atom stereocenters. The fourth-order valence-electron chi connectivity index (χ4n) is 4.97. The maximum absolute atomic E-state index is 14.6. The summed E-state index contributed by atoms with van der Waals surface area (Å²) in [7, 11) is 0. The van der Waals surface area contributed by atoms with E-state index in [9.17, 15) is 13.6 Å². The van der Waals surface area contributed by atoms with Crippen molar-refractivity contribution < 1.29 is 22.4 Å². The number of carbonyl (C=O) groups is 1. The number of halogens is 2. The van der Waals surface area contributed by atoms with Crippen molar-refractivity contribution in [3.8, 4) is 22.9 Å². The molecule has 5 aromatic rings. The monoisotopic (exact) mass is 576 g/mol. The first kappa shape index (κ1) is 26.9. The molecule has 9 nitrogen and oxygen atoms in total. The SMILES string of the molecule is Cc1csc([C@H]2CC(F)(F)CN2C(=O)c2cc(-c3ncco3)cc(-c3nnc([C@](C)(N)Cc4ccccc4)o3)c2)n1. The van der Waals surface area contributed by atoms with E-state index >= 15 is 0 Å². The molecule has 0 bridgehead atoms. The number of carbonyl (C=O) groups excluding carboxylic acids is 1. The van der Waals surface area contributed by atoms with Crippen molar-refractivity contribution >= 4 is 17.2 Å². The van der Waals surface area contributed by atoms with Crippen LogP contribution < -0.4 is 5.73 Å². The molecule has 2 aromatic carbocycles. The molecule has 0 aliphatic carbocycles. The van der Waals surface area contributed by atoms with E-state index in [1.807, 2.05) is 30.3 Å². The molecule has 0 radical (unpaired) electrons. The van der Waals surface area contributed by atoms with Crippen molar-refractivity contribution in [3.63, 3.8) is 0 Å². The van der Waals surface area contributed by atoms with Gasteiger partial charge in [-0.15, -0.1) is 21.5 Å². The van der Waals surface area contributed by atoms with Gasteiger partial charge in [0.1, 0.15) is 11.3 Å². The Morgan fingerprint density at radius 3 is 2.61 bits per heavy atom. The van der Waals surface area contributed by atoms with E-state index in [1.165, 1.54) is 34.8 Å². The lowest BCUT2D eigenvalue weighted by molar-refractivity contribution is 0.0118. The molecule has 3 aromatic heterocycles. The Balaban J connectivity index is 1.37. The second kappa shape index (κ2) is 10.3. The van der Waals surface area contributed by atoms with Crippen molar-refractivity contribution in [1.29, 1.82) is 0 Å². The normalized spacial score (nSPS) is 18.0. The Kier molecular flexibility index (Phi) is 6.74. The number of hydrogen-bond acceptors (Lipinski definition) is 9. The van der Waals surface area contributed by atoms with E-state index < -0.39 is 36.4 Å². The molecule has 1 aliphatic rings. The fraction of sp³-hybridized carbons (Fsp3) is 0.276. The lowest BCUT2D eigenvalue weighted by Gasteiger charge is -2.23. The van der Waals surface area contributed by atoms with Crippen molar-refractivity contribution in [2.45, 2.75) is 44.2 Å². The molecule has 6 rings (SSSR count). The smallest absolute Gasteiger partial charge is 0.267 e. The topological polar surface area (TPSA) is 124 Å². The molecule has 41 heavy (non-hydrogen) atoms. The maximum atomic E-state index is 14.6. The third-order valence-corrected chi connectivity index (χ3v) is 7.95. The van der Waals surface area contributed by atoms with Crippen molar-refractivity contribution in [3.05, 3.63) is 94.1 Å². The predicted octanol–water partition coefficient (Wildman–Crippen LogP) is 5.80. The first-order chi connectivity index (χ1) is 19.6. The van der Waals surface area contributed by atoms with E-state index in [-0.39, 0.29) is 23.2 Å². The summed E-state index contributed by atoms with van der Waals surface area (Å²) in [5, 5.41) is 10.7. The van der Waals surface area contributed by atoms with Crippen LogP contribution in [0.4, 0.5) is 8.78 Å². The van der Waals surface area contributed by atoms with Crippen LogP contribution >= 0.6 is 11.3 Å². The number of likely N-dealkylation sites (tertiary alicyclic amines) is 1. The zero-order valence-corrected chi connectivity index (χ0v) is 23.1. The molecule has 1 fully saturated rings. The summed E-state index contributed by atoms with van der Waals surface area (Å²) in [6, 6.07) is 13.6. The molecule has 1 aliphatic heterocycles. The van der Waals surface area contributed by atoms with E-state index in [1.54, 1.807) is 31.4 Å². The number of hydrogen-bond donors (Lipinski definition) is 1. The third-order valence-electron chi connectivity index (χ3n) is 6.89. The van der Waals surface area contributed by atoms with Crippen LogP contribution in [0, 0.1) is 6.92 Å². The lowest BCUT2D eigenvalue weighted by atomic mass is 9.94. The summed E-state index contributed by atoms with van der Waals surface area (Å²) in [6.07, 6.45) is 2.83. The summed E-state index contributed by atoms with van der Waals surface area (Å²) < 4.78 is 40.8. The van der Waals surface area contributed by atoms with Crippen LogP contribution in [-0.4, -0.2) is 43.4 Å². The van der Waals surface area contributed by atoms with Gasteiger partial charge in [-0.2, -0.15) is 0 Å². The Labute approximate surface area is 238 Å². The number of amides is 1. The number of oxazole rings is 1. The molecule has 2 atom stereocenters. The van der Waals surface area contributed by atoms with E-state index in [0.29, 0.717) is 28.2 Å². The minimum absolute atomic E-state index is 0.117. The van der Waals surface area contributed by atoms with Gasteiger partial charge in [-0.3, -0.25) is 4.79 Å². The van der Waals surface area contributed by atoms with Crippen LogP contribution in [0.2, 0.25) is 0 Å². The van der Waals surface area contributed by atoms with E-state index in [0.717, 1.165) is 5.56 Å². The van der Waals surface area contributed by atoms with Crippen LogP contribution in [0.3, 0.4) is 0 Å². The number of rotatable bonds is 7. The van der Waals surface area contributed by atoms with Crippen LogP contribution in [-0.2, 0) is 12.0 Å². The predicted molar refractivity (Wildman–Crippen MR) is 147 cm³/mol. The van der Waals surface area contributed by atoms with E-state index in [2.05, 4.69) is 20.2 Å². The van der Waals surface area contributed by atoms with Crippen LogP contribution in [0.1, 0.15) is 51.9 Å². The van der Waals surface area contributed by atoms with Gasteiger partial charge < -0.3 is 19.5 Å². The highest BCUT2D eigenvalue weighted by Crippen LogP contribution is 2.43. The molecule has 2 N–H and O–H groups in total. The summed E-state index contributed by atoms with van der Waals surface area (Å²) >= 11 is 1.26. The van der Waals surface area contributed by atoms with Gasteiger partial charge in [-0.05, 0) is 44.0 Å². The first-order valence-corrected chi connectivity index (χ1v) is 13.8. The summed E-state index contributed by atoms with van der Waals surface area (Å²) in [5.74, 6) is -3.06. The quantitative estimate of drug-likeness (QED) is 0.258. The Morgan fingerprint density at radius 1 is 1.17 bits per heavy atom. The zero-order chi connectivity index (χ0) is 28.8. The van der Waals surface area contributed by atoms with Gasteiger partial charge >= 0.3 is 0 Å². The summed E-state index contributed by atoms with van der Waals surface area (Å²) in [4.78, 5) is 23.6. The molecule has 0 saturated carbocycles. The molecular weight excluding hydrogens is 550 g/mol. The number of alkyl halides is 2. The van der Waals surface area contributed by atoms with Crippen LogP contribution in [0.5, 0.6) is 0 Å². The Hall–Kier alpha value is -4.29. The molecule has 210 valence electrons. The highest BCUT2D eigenvalue weighted by molar-refractivity contribution is 7.09.